The molecule has 0 saturated heterocycles. The Kier molecular flexibility index (Phi) is 6.97. The molecule has 0 amide bonds. The number of nitrogens with one attached hydrogen (secondary N) is 1. The van der Waals surface area contributed by atoms with Gasteiger partial charge >= 0.3 is 0 Å². The Morgan fingerprint density at radius 1 is 1.21 bits per heavy atom. The number of nitrogens with zero attached hydrogens (tertiary/aromatic N) is 1. The smallest absolute Gasteiger partial charge is 0.182 e. The predicted octanol–water partition coefficient (Wildman–Crippen LogP) is 7.11. The number of imidazole rings is 1. The molecule has 1 unspecified atom stereocenters. The van der Waals surface area contributed by atoms with Crippen molar-refractivity contribution in [1.29, 1.82) is 0 Å². The maximum absolute atomic E-state index is 13.9. The standard InChI is InChI=1S/C16H19FN2S.2C2H6/c1-9-7-12-13(8-11(9)17)19(15(20)18-12)14-6-5-10(2)16(14,3)4;2*1-2/h6-8,10H,5H2,1-4H3,(H,18,20);2*1-2H3. The number of aryl methyl sites for hydroxylation is 1. The first kappa shape index (κ1) is 20.6. The number of aromatic nitrogens is 2. The average molecular weight is 351 g/mol. The van der Waals surface area contributed by atoms with Crippen LogP contribution in [0.5, 0.6) is 0 Å². The van der Waals surface area contributed by atoms with Crippen LogP contribution >= 0.6 is 12.2 Å². The first-order valence-corrected chi connectivity index (χ1v) is 9.35. The fourth-order valence-electron chi connectivity index (χ4n) is 2.95. The molecule has 0 saturated carbocycles. The van der Waals surface area contributed by atoms with Crippen LogP contribution < -0.4 is 0 Å². The van der Waals surface area contributed by atoms with Crippen LogP contribution in [0.2, 0.25) is 0 Å². The molecular weight excluding hydrogens is 319 g/mol. The van der Waals surface area contributed by atoms with Crippen molar-refractivity contribution in [1.82, 2.24) is 9.55 Å². The molecule has 134 valence electrons. The zero-order chi connectivity index (χ0) is 18.7. The van der Waals surface area contributed by atoms with Gasteiger partial charge in [-0.25, -0.2) is 4.39 Å². The van der Waals surface area contributed by atoms with E-state index in [-0.39, 0.29) is 11.2 Å². The Morgan fingerprint density at radius 3 is 2.29 bits per heavy atom. The van der Waals surface area contributed by atoms with Crippen molar-refractivity contribution in [3.8, 4) is 0 Å². The van der Waals surface area contributed by atoms with Gasteiger partial charge in [0, 0.05) is 17.2 Å². The number of aromatic amines is 1. The summed E-state index contributed by atoms with van der Waals surface area (Å²) in [7, 11) is 0. The quantitative estimate of drug-likeness (QED) is 0.544. The Hall–Kier alpha value is -1.42. The molecule has 2 aromatic rings. The summed E-state index contributed by atoms with van der Waals surface area (Å²) in [5.74, 6) is 0.365. The van der Waals surface area contributed by atoms with E-state index in [0.29, 0.717) is 16.3 Å². The Balaban J connectivity index is 0.000000671. The van der Waals surface area contributed by atoms with E-state index in [1.54, 1.807) is 13.0 Å². The van der Waals surface area contributed by atoms with Crippen molar-refractivity contribution in [2.24, 2.45) is 11.3 Å². The van der Waals surface area contributed by atoms with Gasteiger partial charge in [-0.1, -0.05) is 54.5 Å². The summed E-state index contributed by atoms with van der Waals surface area (Å²) in [5.41, 5.74) is 3.56. The fraction of sp³-hybridized carbons (Fsp3) is 0.550. The summed E-state index contributed by atoms with van der Waals surface area (Å²) in [6.07, 6.45) is 3.26. The number of hydrogen-bond donors (Lipinski definition) is 1. The minimum absolute atomic E-state index is 0.0364. The maximum atomic E-state index is 13.9. The molecule has 0 radical (unpaired) electrons. The van der Waals surface area contributed by atoms with Gasteiger partial charge in [0.05, 0.1) is 11.0 Å². The number of allylic oxidation sites excluding steroid dienone is 2. The van der Waals surface area contributed by atoms with E-state index in [9.17, 15) is 4.39 Å². The zero-order valence-corrected chi connectivity index (χ0v) is 17.1. The van der Waals surface area contributed by atoms with Crippen LogP contribution in [-0.4, -0.2) is 9.55 Å². The molecule has 0 fully saturated rings. The molecular formula is C20H31FN2S. The second kappa shape index (κ2) is 8.11. The van der Waals surface area contributed by atoms with Gasteiger partial charge in [0.2, 0.25) is 0 Å². The molecule has 4 heteroatoms. The van der Waals surface area contributed by atoms with Crippen molar-refractivity contribution in [3.05, 3.63) is 34.4 Å². The van der Waals surface area contributed by atoms with E-state index in [2.05, 4.69) is 31.8 Å². The number of rotatable bonds is 1. The minimum Gasteiger partial charge on any atom is -0.330 e. The molecule has 0 bridgehead atoms. The van der Waals surface area contributed by atoms with Crippen molar-refractivity contribution < 1.29 is 4.39 Å². The summed E-state index contributed by atoms with van der Waals surface area (Å²) in [5, 5.41) is 0. The number of benzene rings is 1. The van der Waals surface area contributed by atoms with Crippen LogP contribution in [-0.2, 0) is 0 Å². The maximum Gasteiger partial charge on any atom is 0.182 e. The summed E-state index contributed by atoms with van der Waals surface area (Å²) < 4.78 is 16.5. The SMILES string of the molecule is CC.CC.Cc1cc2[nH]c(=S)n(C3=CCC(C)C3(C)C)c2cc1F. The third-order valence-electron chi connectivity index (χ3n) is 4.76. The van der Waals surface area contributed by atoms with Crippen molar-refractivity contribution in [2.45, 2.75) is 61.8 Å². The van der Waals surface area contributed by atoms with Crippen molar-refractivity contribution in [3.63, 3.8) is 0 Å². The van der Waals surface area contributed by atoms with E-state index < -0.39 is 0 Å². The van der Waals surface area contributed by atoms with Gasteiger partial charge in [-0.15, -0.1) is 0 Å². The molecule has 1 aliphatic rings. The lowest BCUT2D eigenvalue weighted by molar-refractivity contribution is 0.338. The van der Waals surface area contributed by atoms with Gasteiger partial charge in [-0.2, -0.15) is 0 Å². The highest BCUT2D eigenvalue weighted by Gasteiger charge is 2.36. The van der Waals surface area contributed by atoms with Crippen LogP contribution in [0.25, 0.3) is 16.7 Å². The second-order valence-corrected chi connectivity index (χ2v) is 6.72. The predicted molar refractivity (Wildman–Crippen MR) is 106 cm³/mol. The van der Waals surface area contributed by atoms with Gasteiger partial charge in [0.1, 0.15) is 5.82 Å². The van der Waals surface area contributed by atoms with E-state index >= 15 is 0 Å². The molecule has 1 N–H and O–H groups in total. The average Bonchev–Trinajstić information content (AvgIpc) is 3.00. The summed E-state index contributed by atoms with van der Waals surface area (Å²) >= 11 is 5.46. The third-order valence-corrected chi connectivity index (χ3v) is 5.05. The molecule has 2 nitrogen and oxygen atoms in total. The lowest BCUT2D eigenvalue weighted by Gasteiger charge is -2.29. The molecule has 1 aromatic heterocycles. The van der Waals surface area contributed by atoms with Crippen molar-refractivity contribution >= 4 is 28.9 Å². The van der Waals surface area contributed by atoms with Crippen LogP contribution in [0.1, 0.15) is 60.5 Å². The molecule has 0 spiro atoms. The van der Waals surface area contributed by atoms with Crippen LogP contribution in [0.4, 0.5) is 4.39 Å². The molecule has 24 heavy (non-hydrogen) atoms. The third kappa shape index (κ3) is 3.49. The Bertz CT molecular complexity index is 781. The number of fused-ring (bicyclic) bond motifs is 1. The number of hydrogen-bond acceptors (Lipinski definition) is 1. The molecule has 3 rings (SSSR count). The molecule has 1 heterocycles. The molecule has 1 aromatic carbocycles. The summed E-state index contributed by atoms with van der Waals surface area (Å²) in [6.45, 7) is 16.5. The van der Waals surface area contributed by atoms with Crippen LogP contribution in [0, 0.1) is 28.8 Å². The largest absolute Gasteiger partial charge is 0.330 e. The lowest BCUT2D eigenvalue weighted by Crippen LogP contribution is -2.21. The van der Waals surface area contributed by atoms with Gasteiger partial charge in [0.25, 0.3) is 0 Å². The Labute approximate surface area is 150 Å². The topological polar surface area (TPSA) is 20.7 Å². The van der Waals surface area contributed by atoms with E-state index in [0.717, 1.165) is 17.5 Å². The lowest BCUT2D eigenvalue weighted by atomic mass is 9.81. The van der Waals surface area contributed by atoms with Gasteiger partial charge in [-0.05, 0) is 43.1 Å². The summed E-state index contributed by atoms with van der Waals surface area (Å²) in [4.78, 5) is 3.19. The second-order valence-electron chi connectivity index (χ2n) is 6.33. The van der Waals surface area contributed by atoms with Gasteiger partial charge < -0.3 is 4.98 Å². The first-order chi connectivity index (χ1) is 11.3. The Morgan fingerprint density at radius 2 is 1.79 bits per heavy atom. The van der Waals surface area contributed by atoms with Gasteiger partial charge in [0.15, 0.2) is 4.77 Å². The highest BCUT2D eigenvalue weighted by atomic mass is 32.1. The van der Waals surface area contributed by atoms with E-state index in [4.69, 9.17) is 12.2 Å². The van der Waals surface area contributed by atoms with Crippen LogP contribution in [0.3, 0.4) is 0 Å². The monoisotopic (exact) mass is 350 g/mol. The number of halogens is 1. The molecule has 1 atom stereocenters. The van der Waals surface area contributed by atoms with Crippen LogP contribution in [0.15, 0.2) is 18.2 Å². The van der Waals surface area contributed by atoms with E-state index in [1.807, 2.05) is 38.3 Å². The highest BCUT2D eigenvalue weighted by molar-refractivity contribution is 7.71. The normalized spacial score (nSPS) is 18.4. The zero-order valence-electron chi connectivity index (χ0n) is 16.2. The van der Waals surface area contributed by atoms with Crippen molar-refractivity contribution in [2.75, 3.05) is 0 Å². The summed E-state index contributed by atoms with van der Waals surface area (Å²) in [6, 6.07) is 3.40. The first-order valence-electron chi connectivity index (χ1n) is 8.94. The molecule has 1 aliphatic carbocycles. The minimum atomic E-state index is -0.190. The fourth-order valence-corrected chi connectivity index (χ4v) is 3.26. The van der Waals surface area contributed by atoms with E-state index in [1.165, 1.54) is 5.70 Å². The highest BCUT2D eigenvalue weighted by Crippen LogP contribution is 2.46. The number of H-pyrrole nitrogens is 1. The van der Waals surface area contributed by atoms with Gasteiger partial charge in [-0.3, -0.25) is 4.57 Å². The molecule has 0 aliphatic heterocycles.